The van der Waals surface area contributed by atoms with Crippen LogP contribution in [0.15, 0.2) is 84.9 Å². The van der Waals surface area contributed by atoms with E-state index in [-0.39, 0.29) is 24.2 Å². The summed E-state index contributed by atoms with van der Waals surface area (Å²) in [5.74, 6) is -0.116. The topological polar surface area (TPSA) is 116 Å². The Hall–Kier alpha value is -4.30. The van der Waals surface area contributed by atoms with Gasteiger partial charge < -0.3 is 21.1 Å². The van der Waals surface area contributed by atoms with E-state index in [2.05, 4.69) is 25.9 Å². The average Bonchev–Trinajstić information content (AvgIpc) is 2.98. The van der Waals surface area contributed by atoms with E-state index in [9.17, 15) is 9.59 Å². The molecule has 39 heavy (non-hydrogen) atoms. The van der Waals surface area contributed by atoms with E-state index < -0.39 is 5.92 Å². The summed E-state index contributed by atoms with van der Waals surface area (Å²) in [6, 6.07) is 27.0. The molecule has 0 saturated heterocycles. The molecule has 4 rings (SSSR count). The number of anilines is 1. The first-order valence-electron chi connectivity index (χ1n) is 13.4. The number of aliphatic hydroxyl groups is 1. The van der Waals surface area contributed by atoms with Crippen molar-refractivity contribution in [3.8, 4) is 0 Å². The average molecular weight is 526 g/mol. The van der Waals surface area contributed by atoms with Gasteiger partial charge in [-0.3, -0.25) is 9.59 Å². The largest absolute Gasteiger partial charge is 0.396 e. The van der Waals surface area contributed by atoms with Crippen molar-refractivity contribution in [3.63, 3.8) is 0 Å². The highest BCUT2D eigenvalue weighted by Crippen LogP contribution is 2.24. The number of benzene rings is 3. The van der Waals surface area contributed by atoms with Gasteiger partial charge in [0.15, 0.2) is 0 Å². The number of aromatic nitrogens is 2. The van der Waals surface area contributed by atoms with E-state index >= 15 is 0 Å². The van der Waals surface area contributed by atoms with Crippen LogP contribution in [0.25, 0.3) is 10.9 Å². The Morgan fingerprint density at radius 3 is 2.03 bits per heavy atom. The summed E-state index contributed by atoms with van der Waals surface area (Å²) in [7, 11) is 0. The van der Waals surface area contributed by atoms with Crippen molar-refractivity contribution in [1.29, 1.82) is 0 Å². The summed E-state index contributed by atoms with van der Waals surface area (Å²) in [5.41, 5.74) is 2.55. The highest BCUT2D eigenvalue weighted by Gasteiger charge is 2.22. The minimum atomic E-state index is -0.400. The first-order chi connectivity index (χ1) is 19.2. The maximum atomic E-state index is 13.1. The number of para-hydroxylation sites is 1. The smallest absolute Gasteiger partial charge is 0.289 e. The highest BCUT2D eigenvalue weighted by atomic mass is 16.3. The number of carbonyl (C=O) groups excluding carboxylic acids is 2. The molecule has 0 radical (unpaired) electrons. The molecule has 0 bridgehead atoms. The minimum Gasteiger partial charge on any atom is -0.396 e. The SMILES string of the molecule is O=C(NCCCNC(=O)C(c1ccccc1)c1ccccc1)c1nc(NCCCCCO)c2ccccc2n1. The second-order valence-corrected chi connectivity index (χ2v) is 9.28. The van der Waals surface area contributed by atoms with Crippen molar-refractivity contribution >= 4 is 28.5 Å². The fourth-order valence-electron chi connectivity index (χ4n) is 4.40. The molecule has 0 unspecified atom stereocenters. The van der Waals surface area contributed by atoms with E-state index in [1.807, 2.05) is 84.9 Å². The molecule has 8 heteroatoms. The fourth-order valence-corrected chi connectivity index (χ4v) is 4.40. The number of unbranched alkanes of at least 4 members (excludes halogenated alkanes) is 2. The van der Waals surface area contributed by atoms with Gasteiger partial charge in [0.2, 0.25) is 11.7 Å². The van der Waals surface area contributed by atoms with Crippen molar-refractivity contribution in [2.24, 2.45) is 0 Å². The van der Waals surface area contributed by atoms with Gasteiger partial charge in [-0.05, 0) is 48.9 Å². The van der Waals surface area contributed by atoms with Crippen LogP contribution in [0.1, 0.15) is 53.3 Å². The normalized spacial score (nSPS) is 10.9. The quantitative estimate of drug-likeness (QED) is 0.183. The molecule has 0 spiro atoms. The highest BCUT2D eigenvalue weighted by molar-refractivity contribution is 5.96. The number of amides is 2. The second kappa shape index (κ2) is 14.6. The third kappa shape index (κ3) is 7.85. The van der Waals surface area contributed by atoms with Gasteiger partial charge in [0.25, 0.3) is 5.91 Å². The van der Waals surface area contributed by atoms with Crippen molar-refractivity contribution in [2.45, 2.75) is 31.6 Å². The first-order valence-corrected chi connectivity index (χ1v) is 13.4. The zero-order chi connectivity index (χ0) is 27.3. The van der Waals surface area contributed by atoms with Crippen LogP contribution in [0.5, 0.6) is 0 Å². The van der Waals surface area contributed by atoms with Crippen LogP contribution in [0.2, 0.25) is 0 Å². The van der Waals surface area contributed by atoms with Gasteiger partial charge in [0.05, 0.1) is 11.4 Å². The van der Waals surface area contributed by atoms with E-state index in [1.54, 1.807) is 0 Å². The van der Waals surface area contributed by atoms with Gasteiger partial charge in [0, 0.05) is 31.6 Å². The standard InChI is InChI=1S/C31H35N5O3/c37-22-11-3-10-19-32-28-25-17-8-9-18-26(25)35-29(36-28)31(39)34-21-12-20-33-30(38)27(23-13-4-1-5-14-23)24-15-6-2-7-16-24/h1-2,4-9,13-18,27,37H,3,10-12,19-22H2,(H,33,38)(H,34,39)(H,32,35,36). The third-order valence-corrected chi connectivity index (χ3v) is 6.40. The molecule has 4 aromatic rings. The van der Waals surface area contributed by atoms with Gasteiger partial charge in [-0.1, -0.05) is 72.8 Å². The minimum absolute atomic E-state index is 0.0775. The van der Waals surface area contributed by atoms with Crippen molar-refractivity contribution < 1.29 is 14.7 Å². The molecule has 2 amide bonds. The summed E-state index contributed by atoms with van der Waals surface area (Å²) < 4.78 is 0. The molecule has 0 aliphatic heterocycles. The Morgan fingerprint density at radius 2 is 1.33 bits per heavy atom. The number of carbonyl (C=O) groups is 2. The molecule has 0 atom stereocenters. The van der Waals surface area contributed by atoms with Crippen LogP contribution in [-0.2, 0) is 4.79 Å². The summed E-state index contributed by atoms with van der Waals surface area (Å²) in [5, 5.41) is 19.0. The fraction of sp³-hybridized carbons (Fsp3) is 0.290. The lowest BCUT2D eigenvalue weighted by Crippen LogP contribution is -2.33. The molecule has 0 aliphatic rings. The van der Waals surface area contributed by atoms with E-state index in [0.29, 0.717) is 37.4 Å². The van der Waals surface area contributed by atoms with E-state index in [1.165, 1.54) is 0 Å². The zero-order valence-corrected chi connectivity index (χ0v) is 22.0. The summed E-state index contributed by atoms with van der Waals surface area (Å²) in [6.07, 6.45) is 3.13. The Morgan fingerprint density at radius 1 is 0.692 bits per heavy atom. The van der Waals surface area contributed by atoms with Crippen LogP contribution in [-0.4, -0.2) is 53.1 Å². The number of hydrogen-bond donors (Lipinski definition) is 4. The summed E-state index contributed by atoms with van der Waals surface area (Å²) in [4.78, 5) is 34.9. The third-order valence-electron chi connectivity index (χ3n) is 6.40. The zero-order valence-electron chi connectivity index (χ0n) is 22.0. The Balaban J connectivity index is 1.31. The maximum Gasteiger partial charge on any atom is 0.289 e. The Bertz CT molecular complexity index is 1310. The van der Waals surface area contributed by atoms with Gasteiger partial charge >= 0.3 is 0 Å². The first kappa shape index (κ1) is 27.7. The second-order valence-electron chi connectivity index (χ2n) is 9.28. The van der Waals surface area contributed by atoms with Crippen LogP contribution < -0.4 is 16.0 Å². The van der Waals surface area contributed by atoms with Crippen LogP contribution >= 0.6 is 0 Å². The number of hydrogen-bond acceptors (Lipinski definition) is 6. The summed E-state index contributed by atoms with van der Waals surface area (Å²) in [6.45, 7) is 1.68. The van der Waals surface area contributed by atoms with Crippen LogP contribution in [0.4, 0.5) is 5.82 Å². The van der Waals surface area contributed by atoms with Crippen LogP contribution in [0, 0.1) is 0 Å². The number of nitrogens with zero attached hydrogens (tertiary/aromatic N) is 2. The number of fused-ring (bicyclic) bond motifs is 1. The van der Waals surface area contributed by atoms with E-state index in [4.69, 9.17) is 5.11 Å². The predicted molar refractivity (Wildman–Crippen MR) is 154 cm³/mol. The van der Waals surface area contributed by atoms with Gasteiger partial charge in [0.1, 0.15) is 5.82 Å². The lowest BCUT2D eigenvalue weighted by molar-refractivity contribution is -0.121. The van der Waals surface area contributed by atoms with Crippen molar-refractivity contribution in [3.05, 3.63) is 102 Å². The Labute approximate surface area is 228 Å². The number of nitrogens with one attached hydrogen (secondary N) is 3. The van der Waals surface area contributed by atoms with Crippen LogP contribution in [0.3, 0.4) is 0 Å². The maximum absolute atomic E-state index is 13.1. The van der Waals surface area contributed by atoms with Crippen molar-refractivity contribution in [1.82, 2.24) is 20.6 Å². The predicted octanol–water partition coefficient (Wildman–Crippen LogP) is 4.27. The molecule has 0 aliphatic carbocycles. The molecule has 0 fully saturated rings. The van der Waals surface area contributed by atoms with Gasteiger partial charge in [-0.15, -0.1) is 0 Å². The monoisotopic (exact) mass is 525 g/mol. The molecule has 1 heterocycles. The Kier molecular flexibility index (Phi) is 10.4. The summed E-state index contributed by atoms with van der Waals surface area (Å²) >= 11 is 0. The molecular weight excluding hydrogens is 490 g/mol. The van der Waals surface area contributed by atoms with E-state index in [0.717, 1.165) is 35.8 Å². The molecular formula is C31H35N5O3. The van der Waals surface area contributed by atoms with Gasteiger partial charge in [-0.25, -0.2) is 9.97 Å². The lowest BCUT2D eigenvalue weighted by atomic mass is 9.90. The molecule has 3 aromatic carbocycles. The molecule has 4 N–H and O–H groups in total. The van der Waals surface area contributed by atoms with Gasteiger partial charge in [-0.2, -0.15) is 0 Å². The molecule has 202 valence electrons. The van der Waals surface area contributed by atoms with Crippen molar-refractivity contribution in [2.75, 3.05) is 31.6 Å². The molecule has 8 nitrogen and oxygen atoms in total. The number of rotatable bonds is 14. The molecule has 1 aromatic heterocycles. The lowest BCUT2D eigenvalue weighted by Gasteiger charge is -2.18. The molecule has 0 saturated carbocycles. The number of aliphatic hydroxyl groups excluding tert-OH is 1.